The number of para-hydroxylation sites is 2. The topological polar surface area (TPSA) is 62.3 Å². The summed E-state index contributed by atoms with van der Waals surface area (Å²) in [6, 6.07) is 7.97. The molecule has 7 heteroatoms. The largest absolute Gasteiger partial charge is 0.495 e. The van der Waals surface area contributed by atoms with Crippen LogP contribution in [-0.4, -0.2) is 80.7 Å². The number of benzene rings is 1. The molecule has 0 aliphatic carbocycles. The summed E-state index contributed by atoms with van der Waals surface area (Å²) in [7, 11) is 1.68. The van der Waals surface area contributed by atoms with Crippen molar-refractivity contribution in [2.75, 3.05) is 57.9 Å². The van der Waals surface area contributed by atoms with E-state index in [4.69, 9.17) is 9.47 Å². The van der Waals surface area contributed by atoms with Crippen molar-refractivity contribution in [2.45, 2.75) is 25.4 Å². The van der Waals surface area contributed by atoms with E-state index in [1.54, 1.807) is 7.11 Å². The Labute approximate surface area is 166 Å². The molecule has 2 unspecified atom stereocenters. The smallest absolute Gasteiger partial charge is 0.228 e. The second-order valence-corrected chi connectivity index (χ2v) is 7.82. The number of hydrogen-bond donors (Lipinski definition) is 0. The first-order valence-corrected chi connectivity index (χ1v) is 10.2. The van der Waals surface area contributed by atoms with E-state index < -0.39 is 0 Å². The number of nitrogens with zero attached hydrogens (tertiary/aromatic N) is 3. The highest BCUT2D eigenvalue weighted by molar-refractivity contribution is 5.89. The molecule has 1 aromatic rings. The molecule has 7 nitrogen and oxygen atoms in total. The van der Waals surface area contributed by atoms with E-state index in [0.717, 1.165) is 44.0 Å². The molecule has 3 fully saturated rings. The molecular weight excluding hydrogens is 358 g/mol. The second-order valence-electron chi connectivity index (χ2n) is 7.82. The van der Waals surface area contributed by atoms with Crippen molar-refractivity contribution in [3.63, 3.8) is 0 Å². The Morgan fingerprint density at radius 3 is 2.71 bits per heavy atom. The molecule has 1 aromatic carbocycles. The van der Waals surface area contributed by atoms with Gasteiger partial charge in [-0.15, -0.1) is 0 Å². The quantitative estimate of drug-likeness (QED) is 0.764. The standard InChI is InChI=1S/C21H29N3O4/c1-27-19-7-3-2-6-18(19)22-8-10-23(11-9-22)21(26)16-13-20(25)24(14-16)15-17-5-4-12-28-17/h2-3,6-7,16-17H,4-5,8-15H2,1H3. The number of carbonyl (C=O) groups excluding carboxylic acids is 2. The van der Waals surface area contributed by atoms with Crippen LogP contribution in [0, 0.1) is 5.92 Å². The van der Waals surface area contributed by atoms with Crippen molar-refractivity contribution in [3.8, 4) is 5.75 Å². The van der Waals surface area contributed by atoms with Crippen LogP contribution in [0.2, 0.25) is 0 Å². The number of hydrogen-bond acceptors (Lipinski definition) is 5. The number of piperazine rings is 1. The fourth-order valence-corrected chi connectivity index (χ4v) is 4.47. The first-order chi connectivity index (χ1) is 13.7. The van der Waals surface area contributed by atoms with Crippen LogP contribution >= 0.6 is 0 Å². The molecule has 28 heavy (non-hydrogen) atoms. The van der Waals surface area contributed by atoms with E-state index in [1.807, 2.05) is 28.0 Å². The molecule has 0 N–H and O–H groups in total. The third-order valence-corrected chi connectivity index (χ3v) is 6.03. The van der Waals surface area contributed by atoms with Gasteiger partial charge in [0.2, 0.25) is 11.8 Å². The molecule has 0 spiro atoms. The molecule has 0 aromatic heterocycles. The summed E-state index contributed by atoms with van der Waals surface area (Å²) in [6.45, 7) is 4.83. The Bertz CT molecular complexity index is 711. The highest BCUT2D eigenvalue weighted by Gasteiger charge is 2.38. The zero-order valence-electron chi connectivity index (χ0n) is 16.5. The van der Waals surface area contributed by atoms with Crippen molar-refractivity contribution in [3.05, 3.63) is 24.3 Å². The average Bonchev–Trinajstić information content (AvgIpc) is 3.38. The molecular formula is C21H29N3O4. The average molecular weight is 387 g/mol. The summed E-state index contributed by atoms with van der Waals surface area (Å²) in [6.07, 6.45) is 2.54. The maximum Gasteiger partial charge on any atom is 0.228 e. The maximum atomic E-state index is 13.0. The van der Waals surface area contributed by atoms with Gasteiger partial charge in [-0.05, 0) is 25.0 Å². The van der Waals surface area contributed by atoms with Gasteiger partial charge in [-0.1, -0.05) is 12.1 Å². The van der Waals surface area contributed by atoms with Crippen molar-refractivity contribution < 1.29 is 19.1 Å². The molecule has 0 bridgehead atoms. The second kappa shape index (κ2) is 8.39. The van der Waals surface area contributed by atoms with Crippen LogP contribution in [0.3, 0.4) is 0 Å². The van der Waals surface area contributed by atoms with Crippen LogP contribution in [0.5, 0.6) is 5.75 Å². The number of amides is 2. The van der Waals surface area contributed by atoms with E-state index in [1.165, 1.54) is 0 Å². The minimum absolute atomic E-state index is 0.0847. The summed E-state index contributed by atoms with van der Waals surface area (Å²) in [5.74, 6) is 0.838. The minimum Gasteiger partial charge on any atom is -0.495 e. The molecule has 0 radical (unpaired) electrons. The molecule has 3 saturated heterocycles. The van der Waals surface area contributed by atoms with Gasteiger partial charge in [0, 0.05) is 52.3 Å². The Hall–Kier alpha value is -2.28. The Kier molecular flexibility index (Phi) is 5.71. The van der Waals surface area contributed by atoms with Crippen LogP contribution in [0.15, 0.2) is 24.3 Å². The fourth-order valence-electron chi connectivity index (χ4n) is 4.47. The lowest BCUT2D eigenvalue weighted by atomic mass is 10.1. The van der Waals surface area contributed by atoms with E-state index in [9.17, 15) is 9.59 Å². The summed E-state index contributed by atoms with van der Waals surface area (Å²) in [5.41, 5.74) is 1.07. The van der Waals surface area contributed by atoms with Gasteiger partial charge < -0.3 is 24.2 Å². The highest BCUT2D eigenvalue weighted by atomic mass is 16.5. The van der Waals surface area contributed by atoms with Gasteiger partial charge in [-0.25, -0.2) is 0 Å². The predicted octanol–water partition coefficient (Wildman–Crippen LogP) is 1.37. The summed E-state index contributed by atoms with van der Waals surface area (Å²) < 4.78 is 11.1. The van der Waals surface area contributed by atoms with Crippen LogP contribution in [0.4, 0.5) is 5.69 Å². The lowest BCUT2D eigenvalue weighted by Crippen LogP contribution is -2.50. The molecule has 3 aliphatic heterocycles. The highest BCUT2D eigenvalue weighted by Crippen LogP contribution is 2.29. The van der Waals surface area contributed by atoms with Gasteiger partial charge in [-0.2, -0.15) is 0 Å². The summed E-state index contributed by atoms with van der Waals surface area (Å²) in [5, 5.41) is 0. The van der Waals surface area contributed by atoms with Crippen molar-refractivity contribution in [2.24, 2.45) is 5.92 Å². The number of carbonyl (C=O) groups is 2. The number of anilines is 1. The van der Waals surface area contributed by atoms with E-state index in [0.29, 0.717) is 32.6 Å². The van der Waals surface area contributed by atoms with Gasteiger partial charge in [-0.3, -0.25) is 9.59 Å². The van der Waals surface area contributed by atoms with Gasteiger partial charge in [0.05, 0.1) is 24.8 Å². The first kappa shape index (κ1) is 19.1. The van der Waals surface area contributed by atoms with Gasteiger partial charge in [0.15, 0.2) is 0 Å². The lowest BCUT2D eigenvalue weighted by molar-refractivity contribution is -0.136. The Morgan fingerprint density at radius 2 is 2.00 bits per heavy atom. The minimum atomic E-state index is -0.216. The SMILES string of the molecule is COc1ccccc1N1CCN(C(=O)C2CC(=O)N(CC3CCCO3)C2)CC1. The van der Waals surface area contributed by atoms with Crippen LogP contribution in [0.1, 0.15) is 19.3 Å². The third kappa shape index (κ3) is 3.94. The van der Waals surface area contributed by atoms with Gasteiger partial charge in [0.1, 0.15) is 5.75 Å². The van der Waals surface area contributed by atoms with Crippen molar-refractivity contribution in [1.29, 1.82) is 0 Å². The maximum absolute atomic E-state index is 13.0. The fraction of sp³-hybridized carbons (Fsp3) is 0.619. The van der Waals surface area contributed by atoms with Crippen molar-refractivity contribution >= 4 is 17.5 Å². The molecule has 4 rings (SSSR count). The number of likely N-dealkylation sites (tertiary alicyclic amines) is 1. The zero-order chi connectivity index (χ0) is 19.5. The molecule has 152 valence electrons. The zero-order valence-corrected chi connectivity index (χ0v) is 16.5. The lowest BCUT2D eigenvalue weighted by Gasteiger charge is -2.37. The predicted molar refractivity (Wildman–Crippen MR) is 105 cm³/mol. The number of rotatable bonds is 5. The summed E-state index contributed by atoms with van der Waals surface area (Å²) in [4.78, 5) is 31.3. The number of ether oxygens (including phenoxy) is 2. The number of methoxy groups -OCH3 is 1. The van der Waals surface area contributed by atoms with Gasteiger partial charge >= 0.3 is 0 Å². The van der Waals surface area contributed by atoms with E-state index >= 15 is 0 Å². The van der Waals surface area contributed by atoms with Crippen LogP contribution in [-0.2, 0) is 14.3 Å². The molecule has 2 amide bonds. The summed E-state index contributed by atoms with van der Waals surface area (Å²) >= 11 is 0. The normalized spacial score (nSPS) is 25.5. The Balaban J connectivity index is 1.31. The van der Waals surface area contributed by atoms with Crippen LogP contribution < -0.4 is 9.64 Å². The third-order valence-electron chi connectivity index (χ3n) is 6.03. The van der Waals surface area contributed by atoms with E-state index in [2.05, 4.69) is 11.0 Å². The molecule has 0 saturated carbocycles. The van der Waals surface area contributed by atoms with Crippen molar-refractivity contribution in [1.82, 2.24) is 9.80 Å². The Morgan fingerprint density at radius 1 is 1.21 bits per heavy atom. The van der Waals surface area contributed by atoms with E-state index in [-0.39, 0.29) is 23.8 Å². The molecule has 3 aliphatic rings. The monoisotopic (exact) mass is 387 g/mol. The molecule has 3 heterocycles. The first-order valence-electron chi connectivity index (χ1n) is 10.2. The molecule has 2 atom stereocenters. The van der Waals surface area contributed by atoms with Gasteiger partial charge in [0.25, 0.3) is 0 Å². The van der Waals surface area contributed by atoms with Crippen LogP contribution in [0.25, 0.3) is 0 Å².